The van der Waals surface area contributed by atoms with Crippen LogP contribution in [-0.2, 0) is 16.2 Å². The third-order valence-electron chi connectivity index (χ3n) is 5.00. The molecule has 9 heteroatoms. The van der Waals surface area contributed by atoms with Crippen molar-refractivity contribution >= 4 is 5.91 Å². The standard InChI is InChI=1S/C21H22FN5O3/c1-15-20(26(25-24-15)18-6-4-17(22)5-7-18)14-30-27(19-8-11-29-12-9-19)21(28)16-3-2-10-23-13-16/h2-7,10,13,19H,8-9,11-12,14H2,1H3. The van der Waals surface area contributed by atoms with Crippen LogP contribution in [0, 0.1) is 12.7 Å². The molecule has 1 fully saturated rings. The molecule has 0 N–H and O–H groups in total. The fourth-order valence-corrected chi connectivity index (χ4v) is 3.33. The van der Waals surface area contributed by atoms with Crippen LogP contribution < -0.4 is 0 Å². The molecule has 156 valence electrons. The first-order valence-electron chi connectivity index (χ1n) is 9.75. The van der Waals surface area contributed by atoms with Crippen molar-refractivity contribution in [3.63, 3.8) is 0 Å². The average Bonchev–Trinajstić information content (AvgIpc) is 3.16. The first-order valence-corrected chi connectivity index (χ1v) is 9.75. The molecule has 1 saturated heterocycles. The van der Waals surface area contributed by atoms with Crippen molar-refractivity contribution in [2.24, 2.45) is 0 Å². The largest absolute Gasteiger partial charge is 0.381 e. The van der Waals surface area contributed by atoms with Crippen molar-refractivity contribution in [1.29, 1.82) is 0 Å². The Balaban J connectivity index is 1.58. The molecule has 8 nitrogen and oxygen atoms in total. The van der Waals surface area contributed by atoms with Gasteiger partial charge in [0.15, 0.2) is 0 Å². The Labute approximate surface area is 173 Å². The zero-order valence-electron chi connectivity index (χ0n) is 16.6. The van der Waals surface area contributed by atoms with E-state index in [0.717, 1.165) is 0 Å². The Kier molecular flexibility index (Phi) is 6.10. The lowest BCUT2D eigenvalue weighted by molar-refractivity contribution is -0.173. The molecule has 0 aliphatic carbocycles. The van der Waals surface area contributed by atoms with Crippen LogP contribution in [0.4, 0.5) is 4.39 Å². The Morgan fingerprint density at radius 3 is 2.73 bits per heavy atom. The lowest BCUT2D eigenvalue weighted by Gasteiger charge is -2.33. The van der Waals surface area contributed by atoms with Crippen molar-refractivity contribution < 1.29 is 18.8 Å². The summed E-state index contributed by atoms with van der Waals surface area (Å²) in [6.07, 6.45) is 4.50. The second-order valence-electron chi connectivity index (χ2n) is 7.00. The first kappa shape index (κ1) is 20.1. The minimum atomic E-state index is -0.332. The molecule has 3 heterocycles. The molecular weight excluding hydrogens is 389 g/mol. The lowest BCUT2D eigenvalue weighted by Crippen LogP contribution is -2.43. The van der Waals surface area contributed by atoms with E-state index in [1.165, 1.54) is 23.4 Å². The normalized spacial score (nSPS) is 14.6. The summed E-state index contributed by atoms with van der Waals surface area (Å²) in [5.74, 6) is -0.588. The number of ether oxygens (including phenoxy) is 1. The van der Waals surface area contributed by atoms with Gasteiger partial charge >= 0.3 is 0 Å². The van der Waals surface area contributed by atoms with Crippen molar-refractivity contribution in [1.82, 2.24) is 25.0 Å². The number of pyridine rings is 1. The molecule has 2 aromatic heterocycles. The number of nitrogens with zero attached hydrogens (tertiary/aromatic N) is 5. The maximum Gasteiger partial charge on any atom is 0.279 e. The van der Waals surface area contributed by atoms with Gasteiger partial charge in [-0.3, -0.25) is 14.6 Å². The van der Waals surface area contributed by atoms with Gasteiger partial charge in [0.25, 0.3) is 5.91 Å². The van der Waals surface area contributed by atoms with Crippen LogP contribution in [0.5, 0.6) is 0 Å². The Bertz CT molecular complexity index is 988. The van der Waals surface area contributed by atoms with Crippen LogP contribution >= 0.6 is 0 Å². The van der Waals surface area contributed by atoms with Crippen LogP contribution in [0.2, 0.25) is 0 Å². The summed E-state index contributed by atoms with van der Waals surface area (Å²) in [6, 6.07) is 9.26. The van der Waals surface area contributed by atoms with Crippen LogP contribution in [0.1, 0.15) is 34.6 Å². The van der Waals surface area contributed by atoms with Gasteiger partial charge in [0.05, 0.1) is 28.7 Å². The van der Waals surface area contributed by atoms with Gasteiger partial charge in [0.2, 0.25) is 0 Å². The van der Waals surface area contributed by atoms with Gasteiger partial charge in [0.1, 0.15) is 12.4 Å². The molecule has 0 unspecified atom stereocenters. The van der Waals surface area contributed by atoms with Crippen molar-refractivity contribution in [2.75, 3.05) is 13.2 Å². The molecule has 1 amide bonds. The summed E-state index contributed by atoms with van der Waals surface area (Å²) in [7, 11) is 0. The minimum Gasteiger partial charge on any atom is -0.381 e. The number of hydrogen-bond acceptors (Lipinski definition) is 6. The van der Waals surface area contributed by atoms with Crippen LogP contribution in [-0.4, -0.2) is 50.2 Å². The fourth-order valence-electron chi connectivity index (χ4n) is 3.33. The number of halogens is 1. The third kappa shape index (κ3) is 4.37. The van der Waals surface area contributed by atoms with Gasteiger partial charge in [-0.05, 0) is 56.2 Å². The number of carbonyl (C=O) groups is 1. The molecular formula is C21H22FN5O3. The number of hydrogen-bond donors (Lipinski definition) is 0. The zero-order valence-corrected chi connectivity index (χ0v) is 16.6. The molecule has 3 aromatic rings. The number of aryl methyl sites for hydroxylation is 1. The van der Waals surface area contributed by atoms with E-state index in [4.69, 9.17) is 9.57 Å². The molecule has 30 heavy (non-hydrogen) atoms. The second-order valence-corrected chi connectivity index (χ2v) is 7.00. The number of rotatable bonds is 6. The molecule has 4 rings (SSSR count). The molecule has 1 aromatic carbocycles. The van der Waals surface area contributed by atoms with E-state index >= 15 is 0 Å². The van der Waals surface area contributed by atoms with Crippen LogP contribution in [0.25, 0.3) is 5.69 Å². The summed E-state index contributed by atoms with van der Waals surface area (Å²) in [5.41, 5.74) is 2.45. The molecule has 0 bridgehead atoms. The zero-order chi connectivity index (χ0) is 20.9. The highest BCUT2D eigenvalue weighted by Crippen LogP contribution is 2.21. The van der Waals surface area contributed by atoms with E-state index in [1.807, 2.05) is 6.92 Å². The van der Waals surface area contributed by atoms with E-state index in [1.54, 1.807) is 35.1 Å². The highest BCUT2D eigenvalue weighted by molar-refractivity contribution is 5.93. The van der Waals surface area contributed by atoms with Crippen molar-refractivity contribution in [3.8, 4) is 5.69 Å². The smallest absolute Gasteiger partial charge is 0.279 e. The predicted molar refractivity (Wildman–Crippen MR) is 105 cm³/mol. The average molecular weight is 411 g/mol. The van der Waals surface area contributed by atoms with Gasteiger partial charge in [-0.1, -0.05) is 5.21 Å². The third-order valence-corrected chi connectivity index (χ3v) is 5.00. The SMILES string of the molecule is Cc1nnn(-c2ccc(F)cc2)c1CON(C(=O)c1cccnc1)C1CCOCC1. The maximum atomic E-state index is 13.3. The van der Waals surface area contributed by atoms with Crippen molar-refractivity contribution in [2.45, 2.75) is 32.4 Å². The van der Waals surface area contributed by atoms with E-state index in [0.29, 0.717) is 48.7 Å². The van der Waals surface area contributed by atoms with Gasteiger partial charge < -0.3 is 4.74 Å². The van der Waals surface area contributed by atoms with Gasteiger partial charge in [-0.2, -0.15) is 0 Å². The maximum absolute atomic E-state index is 13.3. The Morgan fingerprint density at radius 2 is 2.03 bits per heavy atom. The number of benzene rings is 1. The van der Waals surface area contributed by atoms with Crippen LogP contribution in [0.15, 0.2) is 48.8 Å². The molecule has 0 spiro atoms. The first-order chi connectivity index (χ1) is 14.6. The van der Waals surface area contributed by atoms with Gasteiger partial charge in [0, 0.05) is 25.6 Å². The molecule has 0 atom stereocenters. The quantitative estimate of drug-likeness (QED) is 0.580. The number of amides is 1. The van der Waals surface area contributed by atoms with E-state index in [-0.39, 0.29) is 24.4 Å². The molecule has 1 aliphatic heterocycles. The Morgan fingerprint density at radius 1 is 1.27 bits per heavy atom. The number of aromatic nitrogens is 4. The van der Waals surface area contributed by atoms with E-state index in [9.17, 15) is 9.18 Å². The number of carbonyl (C=O) groups excluding carboxylic acids is 1. The highest BCUT2D eigenvalue weighted by Gasteiger charge is 2.29. The summed E-state index contributed by atoms with van der Waals surface area (Å²) >= 11 is 0. The molecule has 1 aliphatic rings. The summed E-state index contributed by atoms with van der Waals surface area (Å²) in [6.45, 7) is 3.03. The summed E-state index contributed by atoms with van der Waals surface area (Å²) < 4.78 is 20.3. The van der Waals surface area contributed by atoms with E-state index in [2.05, 4.69) is 15.3 Å². The summed E-state index contributed by atoms with van der Waals surface area (Å²) in [4.78, 5) is 23.2. The van der Waals surface area contributed by atoms with Gasteiger partial charge in [-0.15, -0.1) is 5.10 Å². The Hall–Kier alpha value is -3.17. The van der Waals surface area contributed by atoms with Crippen molar-refractivity contribution in [3.05, 3.63) is 71.6 Å². The van der Waals surface area contributed by atoms with Gasteiger partial charge in [-0.25, -0.2) is 14.1 Å². The fraction of sp³-hybridized carbons (Fsp3) is 0.333. The van der Waals surface area contributed by atoms with E-state index < -0.39 is 0 Å². The lowest BCUT2D eigenvalue weighted by atomic mass is 10.1. The summed E-state index contributed by atoms with van der Waals surface area (Å²) in [5, 5.41) is 9.67. The topological polar surface area (TPSA) is 82.4 Å². The number of hydroxylamine groups is 2. The molecule has 0 radical (unpaired) electrons. The predicted octanol–water partition coefficient (Wildman–Crippen LogP) is 2.86. The minimum absolute atomic E-state index is 0.0829. The molecule has 0 saturated carbocycles. The second kappa shape index (κ2) is 9.10. The van der Waals surface area contributed by atoms with Crippen LogP contribution in [0.3, 0.4) is 0 Å². The highest BCUT2D eigenvalue weighted by atomic mass is 19.1. The monoisotopic (exact) mass is 411 g/mol.